The Morgan fingerprint density at radius 1 is 1.14 bits per heavy atom. The Kier molecular flexibility index (Phi) is 4.83. The van der Waals surface area contributed by atoms with Gasteiger partial charge in [0, 0.05) is 23.5 Å². The molecule has 3 heterocycles. The molecule has 0 radical (unpaired) electrons. The van der Waals surface area contributed by atoms with Crippen LogP contribution in [0.3, 0.4) is 0 Å². The van der Waals surface area contributed by atoms with Crippen LogP contribution < -0.4 is 5.76 Å². The van der Waals surface area contributed by atoms with Gasteiger partial charge in [0.2, 0.25) is 0 Å². The van der Waals surface area contributed by atoms with Crippen LogP contribution in [-0.4, -0.2) is 20.1 Å². The molecule has 1 aromatic carbocycles. The van der Waals surface area contributed by atoms with Crippen molar-refractivity contribution in [2.75, 3.05) is 0 Å². The first-order chi connectivity index (χ1) is 13.5. The van der Waals surface area contributed by atoms with Gasteiger partial charge >= 0.3 is 5.76 Å². The zero-order valence-corrected chi connectivity index (χ0v) is 16.4. The summed E-state index contributed by atoms with van der Waals surface area (Å²) in [4.78, 5) is 25.7. The molecule has 0 bridgehead atoms. The van der Waals surface area contributed by atoms with Crippen LogP contribution in [0.4, 0.5) is 0 Å². The molecule has 142 valence electrons. The smallest absolute Gasteiger partial charge is 0.387 e. The van der Waals surface area contributed by atoms with Gasteiger partial charge in [0.15, 0.2) is 5.78 Å². The maximum absolute atomic E-state index is 12.8. The van der Waals surface area contributed by atoms with E-state index in [1.54, 1.807) is 0 Å². The Labute approximate surface area is 165 Å². The number of rotatable bonds is 6. The quantitative estimate of drug-likeness (QED) is 0.466. The van der Waals surface area contributed by atoms with Crippen molar-refractivity contribution in [2.45, 2.75) is 26.9 Å². The highest BCUT2D eigenvalue weighted by atomic mass is 32.1. The minimum atomic E-state index is -0.630. The number of aromatic nitrogens is 3. The summed E-state index contributed by atoms with van der Waals surface area (Å²) in [6.07, 6.45) is 0. The largest absolute Gasteiger partial charge is 0.437 e. The fourth-order valence-corrected chi connectivity index (χ4v) is 3.86. The van der Waals surface area contributed by atoms with Crippen molar-refractivity contribution < 1.29 is 9.21 Å². The monoisotopic (exact) mass is 393 g/mol. The van der Waals surface area contributed by atoms with Crippen LogP contribution in [0.25, 0.3) is 10.8 Å². The van der Waals surface area contributed by atoms with Crippen molar-refractivity contribution in [1.29, 1.82) is 0 Å². The summed E-state index contributed by atoms with van der Waals surface area (Å²) >= 11 is 1.43. The van der Waals surface area contributed by atoms with Gasteiger partial charge in [-0.2, -0.15) is 4.68 Å². The average molecular weight is 393 g/mol. The zero-order valence-electron chi connectivity index (χ0n) is 15.6. The van der Waals surface area contributed by atoms with Crippen molar-refractivity contribution >= 4 is 17.1 Å². The van der Waals surface area contributed by atoms with E-state index in [4.69, 9.17) is 4.42 Å². The van der Waals surface area contributed by atoms with Crippen LogP contribution in [0.1, 0.15) is 27.3 Å². The lowest BCUT2D eigenvalue weighted by molar-refractivity contribution is 0.0964. The molecule has 0 spiro atoms. The van der Waals surface area contributed by atoms with E-state index in [1.165, 1.54) is 11.3 Å². The maximum Gasteiger partial charge on any atom is 0.437 e. The number of Topliss-reactive ketones (excluding diaryl/α,β-unsaturated/α-hetero) is 1. The standard InChI is InChI=1S/C21H19N3O3S/c1-14-11-17(15(2)23(14)12-16-7-4-3-5-8-16)18(25)13-24-21(26)27-20(22-24)19-9-6-10-28-19/h3-11H,12-13H2,1-2H3. The molecule has 0 saturated carbocycles. The van der Waals surface area contributed by atoms with Gasteiger partial charge in [-0.3, -0.25) is 4.79 Å². The van der Waals surface area contributed by atoms with Crippen molar-refractivity contribution in [1.82, 2.24) is 14.3 Å². The first kappa shape index (κ1) is 18.2. The van der Waals surface area contributed by atoms with Crippen LogP contribution >= 0.6 is 11.3 Å². The number of benzene rings is 1. The highest BCUT2D eigenvalue weighted by molar-refractivity contribution is 7.13. The lowest BCUT2D eigenvalue weighted by atomic mass is 10.1. The van der Waals surface area contributed by atoms with Crippen LogP contribution in [0, 0.1) is 13.8 Å². The van der Waals surface area contributed by atoms with Gasteiger partial charge in [-0.25, -0.2) is 4.79 Å². The van der Waals surface area contributed by atoms with Crippen molar-refractivity contribution in [3.63, 3.8) is 0 Å². The maximum atomic E-state index is 12.8. The van der Waals surface area contributed by atoms with Gasteiger partial charge in [0.25, 0.3) is 5.89 Å². The Hall–Kier alpha value is -3.19. The van der Waals surface area contributed by atoms with E-state index >= 15 is 0 Å². The van der Waals surface area contributed by atoms with E-state index in [1.807, 2.05) is 55.6 Å². The molecule has 7 heteroatoms. The molecule has 4 aromatic rings. The van der Waals surface area contributed by atoms with Crippen LogP contribution in [0.5, 0.6) is 0 Å². The summed E-state index contributed by atoms with van der Waals surface area (Å²) in [5.74, 6) is -0.558. The molecule has 6 nitrogen and oxygen atoms in total. The Morgan fingerprint density at radius 2 is 1.93 bits per heavy atom. The van der Waals surface area contributed by atoms with Gasteiger partial charge in [0.05, 0.1) is 4.88 Å². The van der Waals surface area contributed by atoms with E-state index in [2.05, 4.69) is 21.8 Å². The number of ketones is 1. The Morgan fingerprint density at radius 3 is 2.64 bits per heavy atom. The van der Waals surface area contributed by atoms with Gasteiger partial charge in [-0.05, 0) is 36.9 Å². The number of hydrogen-bond acceptors (Lipinski definition) is 5. The van der Waals surface area contributed by atoms with Gasteiger partial charge in [0.1, 0.15) is 6.54 Å². The van der Waals surface area contributed by atoms with E-state index in [9.17, 15) is 9.59 Å². The Bertz CT molecular complexity index is 1170. The molecular formula is C21H19N3O3S. The minimum Gasteiger partial charge on any atom is -0.387 e. The van der Waals surface area contributed by atoms with Crippen LogP contribution in [0.15, 0.2) is 63.1 Å². The predicted molar refractivity (Wildman–Crippen MR) is 108 cm³/mol. The van der Waals surface area contributed by atoms with E-state index in [0.29, 0.717) is 12.1 Å². The van der Waals surface area contributed by atoms with Crippen LogP contribution in [0.2, 0.25) is 0 Å². The first-order valence-electron chi connectivity index (χ1n) is 8.88. The molecule has 0 unspecified atom stereocenters. The van der Waals surface area contributed by atoms with Gasteiger partial charge in [-0.15, -0.1) is 16.4 Å². The number of carbonyl (C=O) groups is 1. The first-order valence-corrected chi connectivity index (χ1v) is 9.76. The second kappa shape index (κ2) is 7.44. The summed E-state index contributed by atoms with van der Waals surface area (Å²) in [6, 6.07) is 15.6. The molecule has 0 amide bonds. The fraction of sp³-hybridized carbons (Fsp3) is 0.190. The van der Waals surface area contributed by atoms with Gasteiger partial charge < -0.3 is 8.98 Å². The van der Waals surface area contributed by atoms with E-state index < -0.39 is 5.76 Å². The summed E-state index contributed by atoms with van der Waals surface area (Å²) in [6.45, 7) is 4.44. The number of aryl methyl sites for hydroxylation is 1. The number of thiophene rings is 1. The van der Waals surface area contributed by atoms with Crippen molar-refractivity contribution in [2.24, 2.45) is 0 Å². The predicted octanol–water partition coefficient (Wildman–Crippen LogP) is 3.91. The highest BCUT2D eigenvalue weighted by Crippen LogP contribution is 2.22. The van der Waals surface area contributed by atoms with Gasteiger partial charge in [-0.1, -0.05) is 36.4 Å². The second-order valence-corrected chi connectivity index (χ2v) is 7.54. The summed E-state index contributed by atoms with van der Waals surface area (Å²) < 4.78 is 8.37. The molecule has 0 N–H and O–H groups in total. The van der Waals surface area contributed by atoms with E-state index in [-0.39, 0.29) is 18.2 Å². The summed E-state index contributed by atoms with van der Waals surface area (Å²) in [5.41, 5.74) is 3.63. The normalized spacial score (nSPS) is 11.1. The average Bonchev–Trinajstić information content (AvgIpc) is 3.40. The molecule has 3 aromatic heterocycles. The third kappa shape index (κ3) is 3.48. The second-order valence-electron chi connectivity index (χ2n) is 6.59. The molecule has 0 atom stereocenters. The lowest BCUT2D eigenvalue weighted by Gasteiger charge is -2.10. The number of nitrogens with zero attached hydrogens (tertiary/aromatic N) is 3. The lowest BCUT2D eigenvalue weighted by Crippen LogP contribution is -2.22. The molecule has 0 saturated heterocycles. The molecule has 4 rings (SSSR count). The number of hydrogen-bond donors (Lipinski definition) is 0. The molecule has 0 aliphatic heterocycles. The molecular weight excluding hydrogens is 374 g/mol. The topological polar surface area (TPSA) is 70.0 Å². The Balaban J connectivity index is 1.58. The fourth-order valence-electron chi connectivity index (χ4n) is 3.22. The highest BCUT2D eigenvalue weighted by Gasteiger charge is 2.19. The summed E-state index contributed by atoms with van der Waals surface area (Å²) in [5, 5.41) is 6.04. The van der Waals surface area contributed by atoms with Crippen LogP contribution in [-0.2, 0) is 13.1 Å². The SMILES string of the molecule is Cc1cc(C(=O)Cn2nc(-c3cccs3)oc2=O)c(C)n1Cc1ccccc1. The number of carbonyl (C=O) groups excluding carboxylic acids is 1. The zero-order chi connectivity index (χ0) is 19.7. The van der Waals surface area contributed by atoms with Crippen molar-refractivity contribution in [3.8, 4) is 10.8 Å². The molecule has 0 fully saturated rings. The molecule has 0 aliphatic rings. The van der Waals surface area contributed by atoms with E-state index in [0.717, 1.165) is 26.5 Å². The minimum absolute atomic E-state index is 0.149. The molecule has 28 heavy (non-hydrogen) atoms. The third-order valence-corrected chi connectivity index (χ3v) is 5.55. The third-order valence-electron chi connectivity index (χ3n) is 4.69. The van der Waals surface area contributed by atoms with Crippen molar-refractivity contribution in [3.05, 3.63) is 87.0 Å². The summed E-state index contributed by atoms with van der Waals surface area (Å²) in [7, 11) is 0. The molecule has 0 aliphatic carbocycles.